The highest BCUT2D eigenvalue weighted by molar-refractivity contribution is 6.03. The fourth-order valence-electron chi connectivity index (χ4n) is 2.32. The van der Waals surface area contributed by atoms with Crippen LogP contribution < -0.4 is 14.8 Å². The van der Waals surface area contributed by atoms with Gasteiger partial charge in [-0.05, 0) is 38.1 Å². The summed E-state index contributed by atoms with van der Waals surface area (Å²) < 4.78 is 17.7. The summed E-state index contributed by atoms with van der Waals surface area (Å²) in [7, 11) is 0. The lowest BCUT2D eigenvalue weighted by molar-refractivity contribution is 0.102. The first kappa shape index (κ1) is 15.2. The largest absolute Gasteiger partial charge is 0.454 e. The van der Waals surface area contributed by atoms with Crippen LogP contribution in [0.4, 0.5) is 6.01 Å². The Bertz CT molecular complexity index is 930. The SMILES string of the molecule is CC(C)n1ccc(-c2nnc(NC(=O)c3ccc4c(c3)OCO4)o2)n1. The molecule has 3 aromatic rings. The van der Waals surface area contributed by atoms with Gasteiger partial charge in [0, 0.05) is 17.8 Å². The van der Waals surface area contributed by atoms with Crippen molar-refractivity contribution in [2.45, 2.75) is 19.9 Å². The molecule has 3 heterocycles. The Morgan fingerprint density at radius 3 is 2.84 bits per heavy atom. The van der Waals surface area contributed by atoms with Gasteiger partial charge in [0.25, 0.3) is 11.8 Å². The number of carbonyl (C=O) groups excluding carboxylic acids is 1. The number of rotatable bonds is 4. The number of hydrogen-bond acceptors (Lipinski definition) is 7. The van der Waals surface area contributed by atoms with Crippen LogP contribution in [-0.4, -0.2) is 32.7 Å². The quantitative estimate of drug-likeness (QED) is 0.777. The van der Waals surface area contributed by atoms with E-state index in [9.17, 15) is 4.79 Å². The zero-order valence-electron chi connectivity index (χ0n) is 13.6. The van der Waals surface area contributed by atoms with Crippen LogP contribution in [0.2, 0.25) is 0 Å². The molecule has 1 aliphatic rings. The number of amides is 1. The van der Waals surface area contributed by atoms with Crippen molar-refractivity contribution in [3.8, 4) is 23.1 Å². The molecule has 1 aromatic carbocycles. The second-order valence-corrected chi connectivity index (χ2v) is 5.71. The maximum atomic E-state index is 12.3. The van der Waals surface area contributed by atoms with Gasteiger partial charge in [-0.25, -0.2) is 0 Å². The van der Waals surface area contributed by atoms with Gasteiger partial charge in [-0.2, -0.15) is 5.10 Å². The zero-order chi connectivity index (χ0) is 17.4. The third-order valence-corrected chi connectivity index (χ3v) is 3.64. The molecule has 4 rings (SSSR count). The normalized spacial score (nSPS) is 12.6. The van der Waals surface area contributed by atoms with Crippen LogP contribution in [0.1, 0.15) is 30.2 Å². The predicted octanol–water partition coefficient (Wildman–Crippen LogP) is 2.50. The summed E-state index contributed by atoms with van der Waals surface area (Å²) in [6.45, 7) is 4.18. The third kappa shape index (κ3) is 2.91. The minimum Gasteiger partial charge on any atom is -0.454 e. The summed E-state index contributed by atoms with van der Waals surface area (Å²) in [6.07, 6.45) is 1.83. The van der Waals surface area contributed by atoms with E-state index in [2.05, 4.69) is 20.6 Å². The monoisotopic (exact) mass is 341 g/mol. The summed E-state index contributed by atoms with van der Waals surface area (Å²) in [4.78, 5) is 12.3. The van der Waals surface area contributed by atoms with E-state index in [1.165, 1.54) is 0 Å². The summed E-state index contributed by atoms with van der Waals surface area (Å²) >= 11 is 0. The Labute approximate surface area is 142 Å². The predicted molar refractivity (Wildman–Crippen MR) is 86.4 cm³/mol. The molecule has 128 valence electrons. The van der Waals surface area contributed by atoms with Gasteiger partial charge >= 0.3 is 6.01 Å². The van der Waals surface area contributed by atoms with Crippen molar-refractivity contribution in [2.75, 3.05) is 12.1 Å². The number of aromatic nitrogens is 4. The van der Waals surface area contributed by atoms with E-state index in [0.717, 1.165) is 0 Å². The van der Waals surface area contributed by atoms with Gasteiger partial charge in [-0.3, -0.25) is 14.8 Å². The van der Waals surface area contributed by atoms with Crippen LogP contribution in [0.25, 0.3) is 11.6 Å². The highest BCUT2D eigenvalue weighted by Gasteiger charge is 2.18. The maximum Gasteiger partial charge on any atom is 0.322 e. The molecule has 9 nitrogen and oxygen atoms in total. The number of fused-ring (bicyclic) bond motifs is 1. The Hall–Kier alpha value is -3.36. The van der Waals surface area contributed by atoms with E-state index in [0.29, 0.717) is 22.8 Å². The molecule has 0 saturated heterocycles. The van der Waals surface area contributed by atoms with Crippen molar-refractivity contribution in [1.29, 1.82) is 0 Å². The van der Waals surface area contributed by atoms with E-state index >= 15 is 0 Å². The standard InChI is InChI=1S/C16H15N5O4/c1-9(2)21-6-5-11(20-21)15-18-19-16(25-15)17-14(22)10-3-4-12-13(7-10)24-8-23-12/h3-7,9H,8H2,1-2H3,(H,17,19,22). The lowest BCUT2D eigenvalue weighted by Gasteiger charge is -2.02. The van der Waals surface area contributed by atoms with Crippen LogP contribution in [-0.2, 0) is 0 Å². The minimum absolute atomic E-state index is 0.00300. The van der Waals surface area contributed by atoms with E-state index in [4.69, 9.17) is 13.9 Å². The number of hydrogen-bond donors (Lipinski definition) is 1. The molecular formula is C16H15N5O4. The Morgan fingerprint density at radius 2 is 2.04 bits per heavy atom. The van der Waals surface area contributed by atoms with Crippen molar-refractivity contribution >= 4 is 11.9 Å². The van der Waals surface area contributed by atoms with E-state index < -0.39 is 0 Å². The van der Waals surface area contributed by atoms with Gasteiger partial charge < -0.3 is 13.9 Å². The van der Waals surface area contributed by atoms with Gasteiger partial charge in [0.2, 0.25) is 6.79 Å². The Morgan fingerprint density at radius 1 is 1.20 bits per heavy atom. The van der Waals surface area contributed by atoms with Gasteiger partial charge in [0.05, 0.1) is 0 Å². The van der Waals surface area contributed by atoms with Crippen molar-refractivity contribution in [1.82, 2.24) is 20.0 Å². The average molecular weight is 341 g/mol. The highest BCUT2D eigenvalue weighted by atomic mass is 16.7. The van der Waals surface area contributed by atoms with E-state index in [1.54, 1.807) is 28.9 Å². The molecule has 0 unspecified atom stereocenters. The Balaban J connectivity index is 1.49. The van der Waals surface area contributed by atoms with Gasteiger partial charge in [-0.15, -0.1) is 5.10 Å². The van der Waals surface area contributed by atoms with Crippen molar-refractivity contribution in [3.05, 3.63) is 36.0 Å². The molecule has 0 fully saturated rings. The van der Waals surface area contributed by atoms with Crippen LogP contribution in [0.15, 0.2) is 34.9 Å². The first-order chi connectivity index (χ1) is 12.1. The summed E-state index contributed by atoms with van der Waals surface area (Å²) in [5.41, 5.74) is 0.942. The third-order valence-electron chi connectivity index (χ3n) is 3.64. The van der Waals surface area contributed by atoms with Crippen LogP contribution in [0, 0.1) is 0 Å². The second kappa shape index (κ2) is 5.93. The smallest absolute Gasteiger partial charge is 0.322 e. The van der Waals surface area contributed by atoms with Crippen molar-refractivity contribution in [2.24, 2.45) is 0 Å². The lowest BCUT2D eigenvalue weighted by Crippen LogP contribution is -2.12. The van der Waals surface area contributed by atoms with Gasteiger partial charge in [-0.1, -0.05) is 5.10 Å². The summed E-state index contributed by atoms with van der Waals surface area (Å²) in [5.74, 6) is 0.983. The first-order valence-corrected chi connectivity index (χ1v) is 7.70. The topological polar surface area (TPSA) is 104 Å². The number of ether oxygens (including phenoxy) is 2. The van der Waals surface area contributed by atoms with Crippen LogP contribution in [0.3, 0.4) is 0 Å². The molecule has 0 aliphatic carbocycles. The van der Waals surface area contributed by atoms with Crippen molar-refractivity contribution in [3.63, 3.8) is 0 Å². The van der Waals surface area contributed by atoms with E-state index in [-0.39, 0.29) is 30.6 Å². The number of carbonyl (C=O) groups is 1. The summed E-state index contributed by atoms with van der Waals surface area (Å²) in [6, 6.07) is 6.90. The molecule has 1 N–H and O–H groups in total. The number of anilines is 1. The van der Waals surface area contributed by atoms with Crippen molar-refractivity contribution < 1.29 is 18.7 Å². The molecule has 25 heavy (non-hydrogen) atoms. The molecular weight excluding hydrogens is 326 g/mol. The molecule has 1 amide bonds. The number of nitrogens with one attached hydrogen (secondary N) is 1. The summed E-state index contributed by atoms with van der Waals surface area (Å²) in [5, 5.41) is 14.6. The molecule has 0 bridgehead atoms. The highest BCUT2D eigenvalue weighted by Crippen LogP contribution is 2.32. The van der Waals surface area contributed by atoms with Crippen LogP contribution in [0.5, 0.6) is 11.5 Å². The fourth-order valence-corrected chi connectivity index (χ4v) is 2.32. The lowest BCUT2D eigenvalue weighted by atomic mass is 10.2. The maximum absolute atomic E-state index is 12.3. The molecule has 0 saturated carbocycles. The molecule has 1 aliphatic heterocycles. The first-order valence-electron chi connectivity index (χ1n) is 7.70. The second-order valence-electron chi connectivity index (χ2n) is 5.71. The average Bonchev–Trinajstić information content (AvgIpc) is 3.33. The molecule has 0 radical (unpaired) electrons. The number of benzene rings is 1. The molecule has 2 aromatic heterocycles. The zero-order valence-corrected chi connectivity index (χ0v) is 13.6. The minimum atomic E-state index is -0.388. The van der Waals surface area contributed by atoms with Crippen LogP contribution >= 0.6 is 0 Å². The van der Waals surface area contributed by atoms with Gasteiger partial charge in [0.15, 0.2) is 11.5 Å². The molecule has 0 spiro atoms. The van der Waals surface area contributed by atoms with Gasteiger partial charge in [0.1, 0.15) is 5.69 Å². The molecule has 9 heteroatoms. The molecule has 0 atom stereocenters. The number of nitrogens with zero attached hydrogens (tertiary/aromatic N) is 4. The van der Waals surface area contributed by atoms with E-state index in [1.807, 2.05) is 20.0 Å². The Kier molecular flexibility index (Phi) is 3.60. The fraction of sp³-hybridized carbons (Fsp3) is 0.250.